The monoisotopic (exact) mass is 522 g/mol. The van der Waals surface area contributed by atoms with Crippen molar-refractivity contribution in [3.8, 4) is 0 Å². The number of rotatable bonds is 5. The molecule has 0 aliphatic carbocycles. The fourth-order valence-electron chi connectivity index (χ4n) is 5.80. The van der Waals surface area contributed by atoms with Crippen LogP contribution in [0.15, 0.2) is 78.9 Å². The van der Waals surface area contributed by atoms with Crippen molar-refractivity contribution in [2.45, 2.75) is 19.0 Å². The maximum Gasteiger partial charge on any atom is 0.269 e. The Balaban J connectivity index is 1.39. The van der Waals surface area contributed by atoms with Crippen molar-refractivity contribution in [2.75, 3.05) is 15.1 Å². The van der Waals surface area contributed by atoms with Gasteiger partial charge >= 0.3 is 0 Å². The van der Waals surface area contributed by atoms with Gasteiger partial charge in [0.15, 0.2) is 5.78 Å². The molecule has 10 nitrogen and oxygen atoms in total. The van der Waals surface area contributed by atoms with Crippen LogP contribution in [0.25, 0.3) is 6.08 Å². The zero-order valence-corrected chi connectivity index (χ0v) is 20.7. The van der Waals surface area contributed by atoms with Crippen LogP contribution in [0, 0.1) is 22.0 Å². The fraction of sp³-hybridized carbons (Fsp3) is 0.172. The molecule has 39 heavy (non-hydrogen) atoms. The highest BCUT2D eigenvalue weighted by atomic mass is 16.6. The molecule has 0 aromatic heterocycles. The average molecular weight is 523 g/mol. The van der Waals surface area contributed by atoms with Gasteiger partial charge in [-0.15, -0.1) is 0 Å². The molecule has 6 rings (SSSR count). The number of Topliss-reactive ketones (excluding diaryl/α,β-unsaturated/α-hetero) is 1. The largest absolute Gasteiger partial charge is 0.351 e. The summed E-state index contributed by atoms with van der Waals surface area (Å²) in [6.07, 6.45) is 3.75. The number of imide groups is 1. The number of ketones is 1. The number of fused-ring (bicyclic) bond motifs is 5. The molecule has 1 N–H and O–H groups in total. The summed E-state index contributed by atoms with van der Waals surface area (Å²) in [5.74, 6) is -3.32. The van der Waals surface area contributed by atoms with Gasteiger partial charge in [-0.3, -0.25) is 29.3 Å². The van der Waals surface area contributed by atoms with Crippen LogP contribution < -0.4 is 15.1 Å². The SMILES string of the molecule is CC(=O)c1ccc(N2C(=O)[C@@H]3[C@H](C2=O)[C@H](C(=O)Nc2ccc([N+](=O)[O-])cc2)N2c4ccccc4C=C[C@H]32)cc1. The maximum atomic E-state index is 13.9. The molecule has 0 radical (unpaired) electrons. The van der Waals surface area contributed by atoms with Crippen molar-refractivity contribution in [3.63, 3.8) is 0 Å². The number of non-ortho nitro benzene ring substituents is 1. The summed E-state index contributed by atoms with van der Waals surface area (Å²) in [5, 5.41) is 13.8. The lowest BCUT2D eigenvalue weighted by Crippen LogP contribution is -2.50. The van der Waals surface area contributed by atoms with E-state index in [-0.39, 0.29) is 11.5 Å². The molecule has 194 valence electrons. The minimum Gasteiger partial charge on any atom is -0.351 e. The van der Waals surface area contributed by atoms with Gasteiger partial charge in [-0.2, -0.15) is 0 Å². The van der Waals surface area contributed by atoms with Crippen molar-refractivity contribution in [1.29, 1.82) is 0 Å². The van der Waals surface area contributed by atoms with Crippen LogP contribution in [-0.4, -0.2) is 40.5 Å². The number of carbonyl (C=O) groups excluding carboxylic acids is 4. The van der Waals surface area contributed by atoms with E-state index in [2.05, 4.69) is 5.32 Å². The third-order valence-corrected chi connectivity index (χ3v) is 7.56. The van der Waals surface area contributed by atoms with Crippen molar-refractivity contribution in [3.05, 3.63) is 100 Å². The molecule has 0 bridgehead atoms. The highest BCUT2D eigenvalue weighted by Gasteiger charge is 2.64. The maximum absolute atomic E-state index is 13.9. The lowest BCUT2D eigenvalue weighted by atomic mass is 9.88. The summed E-state index contributed by atoms with van der Waals surface area (Å²) in [5.41, 5.74) is 2.61. The van der Waals surface area contributed by atoms with Crippen LogP contribution in [0.2, 0.25) is 0 Å². The van der Waals surface area contributed by atoms with Gasteiger partial charge in [0.1, 0.15) is 6.04 Å². The van der Waals surface area contributed by atoms with Crippen molar-refractivity contribution in [1.82, 2.24) is 0 Å². The van der Waals surface area contributed by atoms with E-state index < -0.39 is 46.6 Å². The number of nitrogens with one attached hydrogen (secondary N) is 1. The Kier molecular flexibility index (Phi) is 5.60. The summed E-state index contributed by atoms with van der Waals surface area (Å²) < 4.78 is 0. The molecule has 3 aliphatic heterocycles. The van der Waals surface area contributed by atoms with Crippen molar-refractivity contribution < 1.29 is 24.1 Å². The Morgan fingerprint density at radius 2 is 1.56 bits per heavy atom. The summed E-state index contributed by atoms with van der Waals surface area (Å²) in [6.45, 7) is 1.43. The molecule has 0 saturated carbocycles. The predicted molar refractivity (Wildman–Crippen MR) is 143 cm³/mol. The molecule has 3 amide bonds. The zero-order chi connectivity index (χ0) is 27.4. The lowest BCUT2D eigenvalue weighted by Gasteiger charge is -2.36. The van der Waals surface area contributed by atoms with Crippen LogP contribution in [0.5, 0.6) is 0 Å². The molecule has 3 aliphatic rings. The van der Waals surface area contributed by atoms with Gasteiger partial charge in [-0.1, -0.05) is 30.4 Å². The van der Waals surface area contributed by atoms with E-state index in [1.165, 1.54) is 31.2 Å². The molecule has 2 saturated heterocycles. The molecule has 3 aromatic rings. The molecular weight excluding hydrogens is 500 g/mol. The number of para-hydroxylation sites is 1. The van der Waals surface area contributed by atoms with Crippen LogP contribution in [0.4, 0.5) is 22.7 Å². The van der Waals surface area contributed by atoms with E-state index in [0.717, 1.165) is 16.2 Å². The van der Waals surface area contributed by atoms with Crippen LogP contribution in [-0.2, 0) is 14.4 Å². The Morgan fingerprint density at radius 1 is 0.897 bits per heavy atom. The van der Waals surface area contributed by atoms with Crippen LogP contribution >= 0.6 is 0 Å². The number of nitrogens with zero attached hydrogens (tertiary/aromatic N) is 3. The second-order valence-corrected chi connectivity index (χ2v) is 9.72. The van der Waals surface area contributed by atoms with Crippen LogP contribution in [0.1, 0.15) is 22.8 Å². The summed E-state index contributed by atoms with van der Waals surface area (Å²) >= 11 is 0. The molecule has 0 spiro atoms. The zero-order valence-electron chi connectivity index (χ0n) is 20.7. The summed E-state index contributed by atoms with van der Waals surface area (Å²) in [4.78, 5) is 66.6. The standard InChI is InChI=1S/C29H22N4O6/c1-16(34)17-6-11-20(12-7-17)31-28(36)24-23-15-8-18-4-2-3-5-22(18)32(23)26(25(24)29(31)37)27(35)30-19-9-13-21(14-10-19)33(38)39/h2-15,23-26H,1H3,(H,30,35)/t23-,24+,25+,26-/m1/s1. The first-order valence-electron chi connectivity index (χ1n) is 12.4. The van der Waals surface area contributed by atoms with E-state index >= 15 is 0 Å². The van der Waals surface area contributed by atoms with Gasteiger partial charge in [-0.25, -0.2) is 4.90 Å². The summed E-state index contributed by atoms with van der Waals surface area (Å²) in [6, 6.07) is 17.6. The first-order chi connectivity index (χ1) is 18.8. The quantitative estimate of drug-likeness (QED) is 0.233. The molecule has 3 aromatic carbocycles. The van der Waals surface area contributed by atoms with E-state index in [1.54, 1.807) is 24.3 Å². The number of hydrogen-bond acceptors (Lipinski definition) is 7. The molecule has 0 unspecified atom stereocenters. The summed E-state index contributed by atoms with van der Waals surface area (Å²) in [7, 11) is 0. The van der Waals surface area contributed by atoms with Gasteiger partial charge in [0.2, 0.25) is 17.7 Å². The third-order valence-electron chi connectivity index (χ3n) is 7.56. The molecule has 4 atom stereocenters. The van der Waals surface area contributed by atoms with E-state index in [9.17, 15) is 29.3 Å². The average Bonchev–Trinajstić information content (AvgIpc) is 3.41. The predicted octanol–water partition coefficient (Wildman–Crippen LogP) is 3.83. The minimum absolute atomic E-state index is 0.118. The van der Waals surface area contributed by atoms with Crippen molar-refractivity contribution >= 4 is 52.3 Å². The van der Waals surface area contributed by atoms with Crippen LogP contribution in [0.3, 0.4) is 0 Å². The Labute approximate surface area is 222 Å². The number of hydrogen-bond donors (Lipinski definition) is 1. The third kappa shape index (κ3) is 3.80. The normalized spacial score (nSPS) is 22.8. The van der Waals surface area contributed by atoms with Gasteiger partial charge < -0.3 is 10.2 Å². The van der Waals surface area contributed by atoms with Gasteiger partial charge in [-0.05, 0) is 55.0 Å². The fourth-order valence-corrected chi connectivity index (χ4v) is 5.80. The van der Waals surface area contributed by atoms with E-state index in [1.807, 2.05) is 41.3 Å². The number of carbonyl (C=O) groups is 4. The molecule has 3 heterocycles. The first-order valence-corrected chi connectivity index (χ1v) is 12.4. The second kappa shape index (κ2) is 9.02. The number of anilines is 3. The van der Waals surface area contributed by atoms with Gasteiger partial charge in [0, 0.05) is 29.1 Å². The topological polar surface area (TPSA) is 130 Å². The number of benzene rings is 3. The van der Waals surface area contributed by atoms with Gasteiger partial charge in [0.05, 0.1) is 28.5 Å². The molecule has 2 fully saturated rings. The van der Waals surface area contributed by atoms with E-state index in [4.69, 9.17) is 0 Å². The number of nitro benzene ring substituents is 1. The van der Waals surface area contributed by atoms with Gasteiger partial charge in [0.25, 0.3) is 5.69 Å². The smallest absolute Gasteiger partial charge is 0.269 e. The highest BCUT2D eigenvalue weighted by Crippen LogP contribution is 2.49. The molecular formula is C29H22N4O6. The first kappa shape index (κ1) is 24.2. The highest BCUT2D eigenvalue weighted by molar-refractivity contribution is 6.25. The van der Waals surface area contributed by atoms with E-state index in [0.29, 0.717) is 16.9 Å². The van der Waals surface area contributed by atoms with Crippen molar-refractivity contribution in [2.24, 2.45) is 11.8 Å². The minimum atomic E-state index is -1.01. The second-order valence-electron chi connectivity index (χ2n) is 9.72. The Morgan fingerprint density at radius 3 is 2.23 bits per heavy atom. The number of amides is 3. The lowest BCUT2D eigenvalue weighted by molar-refractivity contribution is -0.384. The Hall–Kier alpha value is -5.12. The molecule has 10 heteroatoms. The number of nitro groups is 1. The Bertz CT molecular complexity index is 1580.